The number of benzene rings is 1. The molecule has 92 valence electrons. The molecule has 1 atom stereocenters. The number of nitrogens with one attached hydrogen (secondary N) is 2. The fourth-order valence-corrected chi connectivity index (χ4v) is 2.71. The third-order valence-corrected chi connectivity index (χ3v) is 3.64. The second-order valence-electron chi connectivity index (χ2n) is 3.99. The summed E-state index contributed by atoms with van der Waals surface area (Å²) in [4.78, 5) is 11.5. The van der Waals surface area contributed by atoms with Crippen LogP contribution in [0.25, 0.3) is 0 Å². The van der Waals surface area contributed by atoms with Gasteiger partial charge in [-0.15, -0.1) is 0 Å². The van der Waals surface area contributed by atoms with Gasteiger partial charge in [-0.1, -0.05) is 28.1 Å². The van der Waals surface area contributed by atoms with Crippen molar-refractivity contribution in [1.29, 1.82) is 0 Å². The number of carbonyl (C=O) groups excluding carboxylic acids is 1. The first-order valence-electron chi connectivity index (χ1n) is 5.60. The van der Waals surface area contributed by atoms with Crippen LogP contribution >= 0.6 is 15.9 Å². The standard InChI is InChI=1S/C12H14BrFN2O/c13-10-3-1-2-9-8(10)4-5-11(9)16-12(17)15-7-6-14/h1-3,11H,4-7H2,(H2,15,16,17). The first-order valence-corrected chi connectivity index (χ1v) is 6.39. The van der Waals surface area contributed by atoms with Crippen LogP contribution in [0, 0.1) is 0 Å². The number of urea groups is 1. The minimum Gasteiger partial charge on any atom is -0.336 e. The molecule has 0 fully saturated rings. The number of rotatable bonds is 3. The van der Waals surface area contributed by atoms with Crippen LogP contribution in [0.4, 0.5) is 9.18 Å². The summed E-state index contributed by atoms with van der Waals surface area (Å²) in [7, 11) is 0. The minimum atomic E-state index is -0.541. The van der Waals surface area contributed by atoms with E-state index in [2.05, 4.69) is 26.6 Å². The van der Waals surface area contributed by atoms with Crippen LogP contribution in [0.1, 0.15) is 23.6 Å². The zero-order chi connectivity index (χ0) is 12.3. The lowest BCUT2D eigenvalue weighted by atomic mass is 10.1. The first kappa shape index (κ1) is 12.4. The number of carbonyl (C=O) groups is 1. The van der Waals surface area contributed by atoms with Crippen molar-refractivity contribution in [2.24, 2.45) is 0 Å². The van der Waals surface area contributed by atoms with Gasteiger partial charge in [0, 0.05) is 11.0 Å². The highest BCUT2D eigenvalue weighted by atomic mass is 79.9. The van der Waals surface area contributed by atoms with Gasteiger partial charge in [0.05, 0.1) is 6.04 Å². The summed E-state index contributed by atoms with van der Waals surface area (Å²) >= 11 is 3.51. The SMILES string of the molecule is O=C(NCCF)NC1CCc2c(Br)cccc21. The first-order chi connectivity index (χ1) is 8.22. The number of fused-ring (bicyclic) bond motifs is 1. The molecule has 2 N–H and O–H groups in total. The van der Waals surface area contributed by atoms with Crippen LogP contribution in [0.2, 0.25) is 0 Å². The summed E-state index contributed by atoms with van der Waals surface area (Å²) in [5.41, 5.74) is 2.40. The van der Waals surface area contributed by atoms with E-state index in [-0.39, 0.29) is 18.6 Å². The Balaban J connectivity index is 2.02. The van der Waals surface area contributed by atoms with Crippen molar-refractivity contribution in [2.75, 3.05) is 13.2 Å². The smallest absolute Gasteiger partial charge is 0.315 e. The summed E-state index contributed by atoms with van der Waals surface area (Å²) in [6, 6.07) is 5.71. The molecule has 1 aromatic carbocycles. The Kier molecular flexibility index (Phi) is 3.99. The van der Waals surface area contributed by atoms with E-state index in [0.29, 0.717) is 0 Å². The number of hydrogen-bond donors (Lipinski definition) is 2. The normalized spacial score (nSPS) is 17.6. The van der Waals surface area contributed by atoms with E-state index in [4.69, 9.17) is 0 Å². The minimum absolute atomic E-state index is 0.0297. The number of halogens is 2. The van der Waals surface area contributed by atoms with Gasteiger partial charge in [0.1, 0.15) is 6.67 Å². The van der Waals surface area contributed by atoms with E-state index in [9.17, 15) is 9.18 Å². The maximum Gasteiger partial charge on any atom is 0.315 e. The van der Waals surface area contributed by atoms with Crippen molar-refractivity contribution >= 4 is 22.0 Å². The molecule has 2 amide bonds. The van der Waals surface area contributed by atoms with Crippen LogP contribution in [0.5, 0.6) is 0 Å². The van der Waals surface area contributed by atoms with Gasteiger partial charge in [0.15, 0.2) is 0 Å². The van der Waals surface area contributed by atoms with E-state index >= 15 is 0 Å². The summed E-state index contributed by atoms with van der Waals surface area (Å²) in [6.07, 6.45) is 1.84. The molecule has 17 heavy (non-hydrogen) atoms. The predicted octanol–water partition coefficient (Wildman–Crippen LogP) is 2.71. The number of alkyl halides is 1. The van der Waals surface area contributed by atoms with Crippen molar-refractivity contribution in [3.63, 3.8) is 0 Å². The molecule has 0 saturated carbocycles. The molecule has 0 aromatic heterocycles. The van der Waals surface area contributed by atoms with Crippen molar-refractivity contribution in [3.05, 3.63) is 33.8 Å². The highest BCUT2D eigenvalue weighted by Crippen LogP contribution is 2.35. The zero-order valence-corrected chi connectivity index (χ0v) is 10.9. The Morgan fingerprint density at radius 2 is 2.35 bits per heavy atom. The lowest BCUT2D eigenvalue weighted by Gasteiger charge is -2.14. The van der Waals surface area contributed by atoms with Crippen LogP contribution in [0.15, 0.2) is 22.7 Å². The summed E-state index contributed by atoms with van der Waals surface area (Å²) in [6.45, 7) is -0.482. The van der Waals surface area contributed by atoms with Gasteiger partial charge in [-0.25, -0.2) is 9.18 Å². The molecule has 0 bridgehead atoms. The highest BCUT2D eigenvalue weighted by Gasteiger charge is 2.24. The Morgan fingerprint density at radius 3 is 3.12 bits per heavy atom. The van der Waals surface area contributed by atoms with Crippen molar-refractivity contribution in [2.45, 2.75) is 18.9 Å². The molecule has 0 radical (unpaired) electrons. The topological polar surface area (TPSA) is 41.1 Å². The molecular formula is C12H14BrFN2O. The van der Waals surface area contributed by atoms with E-state index in [1.54, 1.807) is 0 Å². The lowest BCUT2D eigenvalue weighted by molar-refractivity contribution is 0.236. The lowest BCUT2D eigenvalue weighted by Crippen LogP contribution is -2.38. The molecule has 1 unspecified atom stereocenters. The Morgan fingerprint density at radius 1 is 1.53 bits per heavy atom. The van der Waals surface area contributed by atoms with Crippen molar-refractivity contribution in [1.82, 2.24) is 10.6 Å². The molecule has 0 aliphatic heterocycles. The molecule has 1 aliphatic rings. The third kappa shape index (κ3) is 2.77. The predicted molar refractivity (Wildman–Crippen MR) is 67.7 cm³/mol. The molecule has 0 spiro atoms. The quantitative estimate of drug-likeness (QED) is 0.885. The second kappa shape index (κ2) is 5.49. The summed E-state index contributed by atoms with van der Waals surface area (Å²) < 4.78 is 13.0. The van der Waals surface area contributed by atoms with Crippen LogP contribution < -0.4 is 10.6 Å². The van der Waals surface area contributed by atoms with Crippen LogP contribution in [0.3, 0.4) is 0 Å². The van der Waals surface area contributed by atoms with Crippen LogP contribution in [-0.4, -0.2) is 19.3 Å². The van der Waals surface area contributed by atoms with Gasteiger partial charge in [-0.3, -0.25) is 0 Å². The van der Waals surface area contributed by atoms with Gasteiger partial charge in [0.25, 0.3) is 0 Å². The molecule has 0 heterocycles. The van der Waals surface area contributed by atoms with Gasteiger partial charge in [-0.05, 0) is 30.0 Å². The van der Waals surface area contributed by atoms with Crippen molar-refractivity contribution < 1.29 is 9.18 Å². The average molecular weight is 301 g/mol. The van der Waals surface area contributed by atoms with Crippen LogP contribution in [-0.2, 0) is 6.42 Å². The number of hydrogen-bond acceptors (Lipinski definition) is 1. The monoisotopic (exact) mass is 300 g/mol. The third-order valence-electron chi connectivity index (χ3n) is 2.90. The van der Waals surface area contributed by atoms with Gasteiger partial charge in [0.2, 0.25) is 0 Å². The van der Waals surface area contributed by atoms with Crippen molar-refractivity contribution in [3.8, 4) is 0 Å². The second-order valence-corrected chi connectivity index (χ2v) is 4.84. The summed E-state index contributed by atoms with van der Waals surface area (Å²) in [5.74, 6) is 0. The van der Waals surface area contributed by atoms with E-state index in [0.717, 1.165) is 22.9 Å². The average Bonchev–Trinajstić information content (AvgIpc) is 2.71. The van der Waals surface area contributed by atoms with E-state index in [1.165, 1.54) is 5.56 Å². The molecule has 1 aliphatic carbocycles. The molecule has 3 nitrogen and oxygen atoms in total. The van der Waals surface area contributed by atoms with Gasteiger partial charge in [-0.2, -0.15) is 0 Å². The number of amides is 2. The van der Waals surface area contributed by atoms with E-state index in [1.807, 2.05) is 18.2 Å². The molecule has 2 rings (SSSR count). The summed E-state index contributed by atoms with van der Waals surface area (Å²) in [5, 5.41) is 5.33. The Bertz CT molecular complexity index is 425. The van der Waals surface area contributed by atoms with E-state index < -0.39 is 6.67 Å². The fraction of sp³-hybridized carbons (Fsp3) is 0.417. The molecule has 0 saturated heterocycles. The van der Waals surface area contributed by atoms with Gasteiger partial charge < -0.3 is 10.6 Å². The fourth-order valence-electron chi connectivity index (χ4n) is 2.13. The molecular weight excluding hydrogens is 287 g/mol. The zero-order valence-electron chi connectivity index (χ0n) is 9.30. The largest absolute Gasteiger partial charge is 0.336 e. The Hall–Kier alpha value is -1.10. The van der Waals surface area contributed by atoms with Gasteiger partial charge >= 0.3 is 6.03 Å². The Labute approximate surface area is 108 Å². The molecule has 5 heteroatoms. The highest BCUT2D eigenvalue weighted by molar-refractivity contribution is 9.10. The molecule has 1 aromatic rings. The maximum atomic E-state index is 11.9. The maximum absolute atomic E-state index is 11.9.